The Kier molecular flexibility index (Phi) is 3.70. The molecule has 0 radical (unpaired) electrons. The molecule has 1 aliphatic rings. The second-order valence-electron chi connectivity index (χ2n) is 5.32. The molecule has 3 heteroatoms. The first-order valence-electron chi connectivity index (χ1n) is 6.91. The van der Waals surface area contributed by atoms with E-state index in [1.165, 1.54) is 5.56 Å². The van der Waals surface area contributed by atoms with Crippen molar-refractivity contribution < 1.29 is 4.79 Å². The molecule has 3 rings (SSSR count). The van der Waals surface area contributed by atoms with Crippen LogP contribution in [0.25, 0.3) is 0 Å². The van der Waals surface area contributed by atoms with Crippen molar-refractivity contribution in [2.24, 2.45) is 0 Å². The van der Waals surface area contributed by atoms with E-state index in [-0.39, 0.29) is 11.7 Å². The molecule has 102 valence electrons. The molecule has 2 nitrogen and oxygen atoms in total. The molecule has 0 N–H and O–H groups in total. The summed E-state index contributed by atoms with van der Waals surface area (Å²) >= 11 is 3.50. The number of ketones is 1. The Labute approximate surface area is 127 Å². The van der Waals surface area contributed by atoms with Crippen LogP contribution in [0.1, 0.15) is 45.9 Å². The van der Waals surface area contributed by atoms with Crippen molar-refractivity contribution in [3.05, 3.63) is 63.4 Å². The normalized spacial score (nSPS) is 17.6. The van der Waals surface area contributed by atoms with E-state index in [0.717, 1.165) is 40.6 Å². The van der Waals surface area contributed by atoms with Crippen LogP contribution in [0.2, 0.25) is 0 Å². The Balaban J connectivity index is 1.97. The molecule has 0 spiro atoms. The number of aromatic nitrogens is 1. The maximum Gasteiger partial charge on any atom is 0.171 e. The Morgan fingerprint density at radius 1 is 1.35 bits per heavy atom. The molecule has 1 aliphatic carbocycles. The van der Waals surface area contributed by atoms with Crippen LogP contribution < -0.4 is 0 Å². The summed E-state index contributed by atoms with van der Waals surface area (Å²) in [5.41, 5.74) is 4.11. The Morgan fingerprint density at radius 3 is 3.00 bits per heavy atom. The largest absolute Gasteiger partial charge is 0.293 e. The first kappa shape index (κ1) is 13.5. The van der Waals surface area contributed by atoms with Crippen LogP contribution in [-0.2, 0) is 6.42 Å². The lowest BCUT2D eigenvalue weighted by molar-refractivity contribution is 0.0949. The number of pyridine rings is 1. The molecule has 0 aliphatic heterocycles. The summed E-state index contributed by atoms with van der Waals surface area (Å²) in [5.74, 6) is 0.0971. The van der Waals surface area contributed by atoms with Crippen LogP contribution in [-0.4, -0.2) is 10.8 Å². The van der Waals surface area contributed by atoms with Gasteiger partial charge in [0.15, 0.2) is 5.78 Å². The summed E-state index contributed by atoms with van der Waals surface area (Å²) in [6, 6.07) is 9.87. The fraction of sp³-hybridized carbons (Fsp3) is 0.294. The average Bonchev–Trinajstić information content (AvgIpc) is 2.49. The smallest absolute Gasteiger partial charge is 0.171 e. The number of carbonyl (C=O) groups excluding carboxylic acids is 1. The first-order chi connectivity index (χ1) is 9.66. The summed E-state index contributed by atoms with van der Waals surface area (Å²) in [5, 5.41) is 0. The molecule has 1 atom stereocenters. The van der Waals surface area contributed by atoms with Crippen molar-refractivity contribution in [2.45, 2.75) is 32.1 Å². The highest BCUT2D eigenvalue weighted by molar-refractivity contribution is 9.10. The van der Waals surface area contributed by atoms with Gasteiger partial charge in [-0.15, -0.1) is 0 Å². The topological polar surface area (TPSA) is 30.0 Å². The van der Waals surface area contributed by atoms with Gasteiger partial charge in [-0.25, -0.2) is 0 Å². The molecular formula is C17H16BrNO. The van der Waals surface area contributed by atoms with Gasteiger partial charge in [-0.05, 0) is 49.4 Å². The van der Waals surface area contributed by atoms with Crippen LogP contribution in [0.3, 0.4) is 0 Å². The third kappa shape index (κ3) is 2.42. The minimum Gasteiger partial charge on any atom is -0.293 e. The van der Waals surface area contributed by atoms with E-state index in [4.69, 9.17) is 0 Å². The van der Waals surface area contributed by atoms with Gasteiger partial charge in [0, 0.05) is 16.2 Å². The van der Waals surface area contributed by atoms with Crippen LogP contribution in [0.5, 0.6) is 0 Å². The number of fused-ring (bicyclic) bond motifs is 1. The lowest BCUT2D eigenvalue weighted by Crippen LogP contribution is -2.20. The minimum absolute atomic E-state index is 0.0884. The third-order valence-corrected chi connectivity index (χ3v) is 4.82. The SMILES string of the molecule is Cc1ccc(C(=O)C2CCCc3cccnc32)cc1Br. The van der Waals surface area contributed by atoms with Crippen LogP contribution >= 0.6 is 15.9 Å². The fourth-order valence-corrected chi connectivity index (χ4v) is 3.19. The second-order valence-corrected chi connectivity index (χ2v) is 6.18. The van der Waals surface area contributed by atoms with E-state index in [1.807, 2.05) is 31.2 Å². The molecule has 0 bridgehead atoms. The standard InChI is InChI=1S/C17H16BrNO/c1-11-7-8-13(10-15(11)18)17(20)14-6-2-4-12-5-3-9-19-16(12)14/h3,5,7-10,14H,2,4,6H2,1H3. The van der Waals surface area contributed by atoms with Crippen molar-refractivity contribution >= 4 is 21.7 Å². The lowest BCUT2D eigenvalue weighted by Gasteiger charge is -2.23. The summed E-state index contributed by atoms with van der Waals surface area (Å²) in [6.45, 7) is 2.02. The van der Waals surface area contributed by atoms with Crippen LogP contribution in [0.15, 0.2) is 41.0 Å². The van der Waals surface area contributed by atoms with Crippen molar-refractivity contribution in [1.82, 2.24) is 4.98 Å². The van der Waals surface area contributed by atoms with Gasteiger partial charge < -0.3 is 0 Å². The molecule has 0 saturated carbocycles. The highest BCUT2D eigenvalue weighted by Gasteiger charge is 2.28. The van der Waals surface area contributed by atoms with Crippen LogP contribution in [0.4, 0.5) is 0 Å². The van der Waals surface area contributed by atoms with E-state index in [1.54, 1.807) is 6.20 Å². The Hall–Kier alpha value is -1.48. The number of aryl methyl sites for hydroxylation is 2. The van der Waals surface area contributed by atoms with Crippen molar-refractivity contribution in [3.8, 4) is 0 Å². The summed E-state index contributed by atoms with van der Waals surface area (Å²) in [7, 11) is 0. The maximum atomic E-state index is 12.8. The molecule has 20 heavy (non-hydrogen) atoms. The molecule has 1 aromatic carbocycles. The number of benzene rings is 1. The van der Waals surface area contributed by atoms with E-state index in [2.05, 4.69) is 27.0 Å². The monoisotopic (exact) mass is 329 g/mol. The minimum atomic E-state index is -0.0884. The molecule has 1 heterocycles. The quantitative estimate of drug-likeness (QED) is 0.761. The Bertz CT molecular complexity index is 666. The van der Waals surface area contributed by atoms with Crippen molar-refractivity contribution in [1.29, 1.82) is 0 Å². The predicted octanol–water partition coefficient (Wildman–Crippen LogP) is 4.46. The molecule has 0 saturated heterocycles. The number of hydrogen-bond acceptors (Lipinski definition) is 2. The average molecular weight is 330 g/mol. The van der Waals surface area contributed by atoms with E-state index < -0.39 is 0 Å². The van der Waals surface area contributed by atoms with E-state index in [0.29, 0.717) is 0 Å². The van der Waals surface area contributed by atoms with Gasteiger partial charge >= 0.3 is 0 Å². The van der Waals surface area contributed by atoms with E-state index in [9.17, 15) is 4.79 Å². The number of carbonyl (C=O) groups is 1. The zero-order valence-corrected chi connectivity index (χ0v) is 13.0. The summed E-state index contributed by atoms with van der Waals surface area (Å²) < 4.78 is 0.986. The summed E-state index contributed by atoms with van der Waals surface area (Å²) in [6.07, 6.45) is 4.77. The molecule has 0 amide bonds. The van der Waals surface area contributed by atoms with Gasteiger partial charge in [-0.3, -0.25) is 9.78 Å². The maximum absolute atomic E-state index is 12.8. The van der Waals surface area contributed by atoms with Crippen LogP contribution in [0, 0.1) is 6.92 Å². The molecule has 0 fully saturated rings. The summed E-state index contributed by atoms with van der Waals surface area (Å²) in [4.78, 5) is 17.2. The number of halogens is 1. The fourth-order valence-electron chi connectivity index (χ4n) is 2.81. The number of nitrogens with zero attached hydrogens (tertiary/aromatic N) is 1. The second kappa shape index (κ2) is 5.49. The van der Waals surface area contributed by atoms with Gasteiger partial charge in [0.1, 0.15) is 0 Å². The number of rotatable bonds is 2. The zero-order chi connectivity index (χ0) is 14.1. The molecule has 1 unspecified atom stereocenters. The van der Waals surface area contributed by atoms with Crippen molar-refractivity contribution in [3.63, 3.8) is 0 Å². The van der Waals surface area contributed by atoms with E-state index >= 15 is 0 Å². The van der Waals surface area contributed by atoms with Gasteiger partial charge in [-0.1, -0.05) is 34.1 Å². The van der Waals surface area contributed by atoms with Gasteiger partial charge in [-0.2, -0.15) is 0 Å². The first-order valence-corrected chi connectivity index (χ1v) is 7.70. The lowest BCUT2D eigenvalue weighted by atomic mass is 9.82. The van der Waals surface area contributed by atoms with Gasteiger partial charge in [0.25, 0.3) is 0 Å². The van der Waals surface area contributed by atoms with Gasteiger partial charge in [0.2, 0.25) is 0 Å². The highest BCUT2D eigenvalue weighted by atomic mass is 79.9. The van der Waals surface area contributed by atoms with Crippen molar-refractivity contribution in [2.75, 3.05) is 0 Å². The predicted molar refractivity (Wildman–Crippen MR) is 83.1 cm³/mol. The third-order valence-electron chi connectivity index (χ3n) is 3.97. The zero-order valence-electron chi connectivity index (χ0n) is 11.4. The molecular weight excluding hydrogens is 314 g/mol. The highest BCUT2D eigenvalue weighted by Crippen LogP contribution is 2.33. The molecule has 1 aromatic heterocycles. The van der Waals surface area contributed by atoms with Gasteiger partial charge in [0.05, 0.1) is 11.6 Å². The Morgan fingerprint density at radius 2 is 2.20 bits per heavy atom. The number of hydrogen-bond donors (Lipinski definition) is 0. The number of Topliss-reactive ketones (excluding diaryl/α,β-unsaturated/α-hetero) is 1. The molecule has 2 aromatic rings.